The van der Waals surface area contributed by atoms with Crippen LogP contribution in [-0.2, 0) is 11.2 Å². The summed E-state index contributed by atoms with van der Waals surface area (Å²) in [6, 6.07) is 6.04. The molecule has 0 saturated carbocycles. The second kappa shape index (κ2) is 6.98. The lowest BCUT2D eigenvalue weighted by Crippen LogP contribution is -2.26. The highest BCUT2D eigenvalue weighted by molar-refractivity contribution is 9.10. The molecule has 2 rings (SSSR count). The number of nitrogens with zero attached hydrogens (tertiary/aromatic N) is 1. The number of amides is 1. The van der Waals surface area contributed by atoms with Crippen LogP contribution in [0.25, 0.3) is 10.2 Å². The maximum absolute atomic E-state index is 11.6. The van der Waals surface area contributed by atoms with Crippen LogP contribution in [0.5, 0.6) is 0 Å². The van der Waals surface area contributed by atoms with E-state index in [9.17, 15) is 4.79 Å². The number of hydrogen-bond acceptors (Lipinski definition) is 4. The molecule has 3 N–H and O–H groups in total. The second-order valence-electron chi connectivity index (χ2n) is 4.21. The Morgan fingerprint density at radius 2 is 2.32 bits per heavy atom. The van der Waals surface area contributed by atoms with E-state index >= 15 is 0 Å². The number of carbonyl (C=O) groups excluding carboxylic acids is 1. The lowest BCUT2D eigenvalue weighted by atomic mass is 10.3. The Morgan fingerprint density at radius 1 is 1.47 bits per heavy atom. The molecule has 0 spiro atoms. The van der Waals surface area contributed by atoms with Gasteiger partial charge in [-0.05, 0) is 31.2 Å². The number of rotatable bonds is 6. The van der Waals surface area contributed by atoms with Crippen LogP contribution in [-0.4, -0.2) is 24.0 Å². The van der Waals surface area contributed by atoms with Crippen molar-refractivity contribution in [1.82, 2.24) is 10.3 Å². The first-order valence-electron chi connectivity index (χ1n) is 6.21. The highest BCUT2D eigenvalue weighted by Crippen LogP contribution is 2.25. The average Bonchev–Trinajstić information content (AvgIpc) is 2.78. The molecule has 0 aliphatic carbocycles. The molecule has 19 heavy (non-hydrogen) atoms. The topological polar surface area (TPSA) is 68.0 Å². The molecule has 102 valence electrons. The third-order valence-electron chi connectivity index (χ3n) is 2.66. The van der Waals surface area contributed by atoms with Crippen LogP contribution in [0.15, 0.2) is 22.7 Å². The maximum atomic E-state index is 11.6. The first kappa shape index (κ1) is 14.4. The molecule has 1 aromatic heterocycles. The average molecular weight is 342 g/mol. The molecule has 0 fully saturated rings. The molecule has 1 heterocycles. The Kier molecular flexibility index (Phi) is 5.30. The largest absolute Gasteiger partial charge is 0.356 e. The van der Waals surface area contributed by atoms with Gasteiger partial charge in [-0.15, -0.1) is 11.3 Å². The van der Waals surface area contributed by atoms with Crippen LogP contribution in [0, 0.1) is 0 Å². The number of aryl methyl sites for hydroxylation is 1. The number of halogens is 1. The maximum Gasteiger partial charge on any atom is 0.220 e. The first-order chi connectivity index (χ1) is 9.19. The van der Waals surface area contributed by atoms with Gasteiger partial charge in [-0.2, -0.15) is 0 Å². The van der Waals surface area contributed by atoms with Gasteiger partial charge in [-0.25, -0.2) is 4.98 Å². The van der Waals surface area contributed by atoms with E-state index in [1.807, 2.05) is 18.2 Å². The second-order valence-corrected chi connectivity index (χ2v) is 6.24. The van der Waals surface area contributed by atoms with Crippen molar-refractivity contribution < 1.29 is 4.79 Å². The minimum atomic E-state index is 0.0638. The zero-order valence-corrected chi connectivity index (χ0v) is 12.9. The van der Waals surface area contributed by atoms with Gasteiger partial charge in [0.15, 0.2) is 0 Å². The van der Waals surface area contributed by atoms with Crippen molar-refractivity contribution in [3.05, 3.63) is 27.7 Å². The molecule has 0 bridgehead atoms. The molecule has 0 radical (unpaired) electrons. The van der Waals surface area contributed by atoms with Crippen molar-refractivity contribution in [3.63, 3.8) is 0 Å². The summed E-state index contributed by atoms with van der Waals surface area (Å²) in [6.45, 7) is 1.26. The minimum Gasteiger partial charge on any atom is -0.356 e. The number of fused-ring (bicyclic) bond motifs is 1. The van der Waals surface area contributed by atoms with Gasteiger partial charge in [0.25, 0.3) is 0 Å². The Balaban J connectivity index is 1.89. The summed E-state index contributed by atoms with van der Waals surface area (Å²) in [7, 11) is 0. The zero-order valence-electron chi connectivity index (χ0n) is 10.5. The van der Waals surface area contributed by atoms with Crippen LogP contribution >= 0.6 is 27.3 Å². The van der Waals surface area contributed by atoms with E-state index in [-0.39, 0.29) is 5.91 Å². The van der Waals surface area contributed by atoms with Crippen molar-refractivity contribution in [2.24, 2.45) is 5.73 Å². The fourth-order valence-corrected chi connectivity index (χ4v) is 2.99. The molecule has 0 aliphatic heterocycles. The van der Waals surface area contributed by atoms with Gasteiger partial charge in [0.1, 0.15) is 0 Å². The standard InChI is InChI=1S/C13H16BrN3OS/c14-9-2-3-11-10(8-9)17-13(19-11)5-4-12(18)16-7-1-6-15/h2-3,8H,1,4-7,15H2,(H,16,18). The molecule has 0 aliphatic rings. The first-order valence-corrected chi connectivity index (χ1v) is 7.82. The van der Waals surface area contributed by atoms with E-state index in [4.69, 9.17) is 5.73 Å². The van der Waals surface area contributed by atoms with Crippen molar-refractivity contribution in [2.75, 3.05) is 13.1 Å². The van der Waals surface area contributed by atoms with E-state index in [2.05, 4.69) is 26.2 Å². The number of thiazole rings is 1. The third kappa shape index (κ3) is 4.26. The molecular formula is C13H16BrN3OS. The Hall–Kier alpha value is -0.980. The summed E-state index contributed by atoms with van der Waals surface area (Å²) in [4.78, 5) is 16.1. The number of carbonyl (C=O) groups is 1. The van der Waals surface area contributed by atoms with Crippen LogP contribution in [0.4, 0.5) is 0 Å². The molecule has 6 heteroatoms. The SMILES string of the molecule is NCCCNC(=O)CCc1nc2cc(Br)ccc2s1. The molecule has 2 aromatic rings. The van der Waals surface area contributed by atoms with E-state index in [0.717, 1.165) is 26.1 Å². The van der Waals surface area contributed by atoms with Crippen LogP contribution in [0.2, 0.25) is 0 Å². The summed E-state index contributed by atoms with van der Waals surface area (Å²) in [5.74, 6) is 0.0638. The van der Waals surface area contributed by atoms with Gasteiger partial charge in [0, 0.05) is 23.9 Å². The van der Waals surface area contributed by atoms with Crippen molar-refractivity contribution in [3.8, 4) is 0 Å². The van der Waals surface area contributed by atoms with Gasteiger partial charge in [-0.3, -0.25) is 4.79 Å². The summed E-state index contributed by atoms with van der Waals surface area (Å²) < 4.78 is 2.18. The molecular weight excluding hydrogens is 326 g/mol. The number of nitrogens with two attached hydrogens (primary N) is 1. The van der Waals surface area contributed by atoms with E-state index in [0.29, 0.717) is 25.9 Å². The summed E-state index contributed by atoms with van der Waals surface area (Å²) in [6.07, 6.45) is 1.98. The number of benzene rings is 1. The van der Waals surface area contributed by atoms with Gasteiger partial charge in [0.05, 0.1) is 15.2 Å². The van der Waals surface area contributed by atoms with Crippen molar-refractivity contribution in [1.29, 1.82) is 0 Å². The Bertz CT molecular complexity index is 570. The zero-order chi connectivity index (χ0) is 13.7. The highest BCUT2D eigenvalue weighted by Gasteiger charge is 2.07. The summed E-state index contributed by atoms with van der Waals surface area (Å²) in [5, 5.41) is 3.85. The summed E-state index contributed by atoms with van der Waals surface area (Å²) >= 11 is 5.07. The molecule has 1 amide bonds. The molecule has 0 atom stereocenters. The normalized spacial score (nSPS) is 10.8. The fourth-order valence-electron chi connectivity index (χ4n) is 1.69. The van der Waals surface area contributed by atoms with Crippen LogP contribution in [0.1, 0.15) is 17.8 Å². The fraction of sp³-hybridized carbons (Fsp3) is 0.385. The van der Waals surface area contributed by atoms with Crippen molar-refractivity contribution in [2.45, 2.75) is 19.3 Å². The van der Waals surface area contributed by atoms with E-state index < -0.39 is 0 Å². The highest BCUT2D eigenvalue weighted by atomic mass is 79.9. The Morgan fingerprint density at radius 3 is 3.11 bits per heavy atom. The number of nitrogens with one attached hydrogen (secondary N) is 1. The molecule has 0 saturated heterocycles. The van der Waals surface area contributed by atoms with Crippen LogP contribution in [0.3, 0.4) is 0 Å². The molecule has 4 nitrogen and oxygen atoms in total. The molecule has 0 unspecified atom stereocenters. The van der Waals surface area contributed by atoms with E-state index in [1.54, 1.807) is 11.3 Å². The minimum absolute atomic E-state index is 0.0638. The monoisotopic (exact) mass is 341 g/mol. The lowest BCUT2D eigenvalue weighted by Gasteiger charge is -2.02. The van der Waals surface area contributed by atoms with Gasteiger partial charge in [-0.1, -0.05) is 15.9 Å². The van der Waals surface area contributed by atoms with E-state index in [1.165, 1.54) is 0 Å². The van der Waals surface area contributed by atoms with Gasteiger partial charge >= 0.3 is 0 Å². The summed E-state index contributed by atoms with van der Waals surface area (Å²) in [5.41, 5.74) is 6.36. The van der Waals surface area contributed by atoms with Crippen molar-refractivity contribution >= 4 is 43.4 Å². The smallest absolute Gasteiger partial charge is 0.220 e. The predicted octanol–water partition coefficient (Wildman–Crippen LogP) is 2.46. The van der Waals surface area contributed by atoms with Gasteiger partial charge < -0.3 is 11.1 Å². The predicted molar refractivity (Wildman–Crippen MR) is 82.3 cm³/mol. The van der Waals surface area contributed by atoms with Gasteiger partial charge in [0.2, 0.25) is 5.91 Å². The number of hydrogen-bond donors (Lipinski definition) is 2. The third-order valence-corrected chi connectivity index (χ3v) is 4.25. The molecule has 1 aromatic carbocycles. The lowest BCUT2D eigenvalue weighted by molar-refractivity contribution is -0.121. The number of aromatic nitrogens is 1. The van der Waals surface area contributed by atoms with Crippen LogP contribution < -0.4 is 11.1 Å². The Labute approximate surface area is 124 Å². The quantitative estimate of drug-likeness (QED) is 0.793.